The van der Waals surface area contributed by atoms with Crippen molar-refractivity contribution in [3.8, 4) is 0 Å². The maximum absolute atomic E-state index is 9.82. The first kappa shape index (κ1) is 10.7. The number of nitrogens with one attached hydrogen (secondary N) is 1. The Kier molecular flexibility index (Phi) is 3.44. The normalized spacial score (nSPS) is 28.9. The molecule has 0 amide bonds. The van der Waals surface area contributed by atoms with Crippen LogP contribution in [0.1, 0.15) is 44.4 Å². The van der Waals surface area contributed by atoms with Crippen molar-refractivity contribution in [1.29, 1.82) is 0 Å². The predicted octanol–water partition coefficient (Wildman–Crippen LogP) is 2.23. The van der Waals surface area contributed by atoms with Crippen LogP contribution < -0.4 is 5.32 Å². The molecule has 3 nitrogen and oxygen atoms in total. The van der Waals surface area contributed by atoms with E-state index < -0.39 is 0 Å². The molecule has 0 spiro atoms. The molecule has 1 heterocycles. The molecule has 15 heavy (non-hydrogen) atoms. The number of aliphatic hydroxyl groups excluding tert-OH is 1. The Morgan fingerprint density at radius 1 is 1.47 bits per heavy atom. The highest BCUT2D eigenvalue weighted by molar-refractivity contribution is 5.03. The molecule has 2 unspecified atom stereocenters. The maximum Gasteiger partial charge on any atom is 0.120 e. The summed E-state index contributed by atoms with van der Waals surface area (Å²) < 4.78 is 5.33. The molecule has 1 aliphatic carbocycles. The molecule has 1 fully saturated rings. The second-order valence-electron chi connectivity index (χ2n) is 4.36. The van der Waals surface area contributed by atoms with E-state index >= 15 is 0 Å². The van der Waals surface area contributed by atoms with Crippen molar-refractivity contribution in [2.75, 3.05) is 0 Å². The van der Waals surface area contributed by atoms with Crippen LogP contribution in [0.15, 0.2) is 22.8 Å². The van der Waals surface area contributed by atoms with Gasteiger partial charge in [0.15, 0.2) is 0 Å². The van der Waals surface area contributed by atoms with Crippen LogP contribution in [0, 0.1) is 0 Å². The van der Waals surface area contributed by atoms with Gasteiger partial charge in [0, 0.05) is 6.04 Å². The van der Waals surface area contributed by atoms with Crippen molar-refractivity contribution in [3.63, 3.8) is 0 Å². The summed E-state index contributed by atoms with van der Waals surface area (Å²) in [6.07, 6.45) is 5.82. The Morgan fingerprint density at radius 2 is 2.27 bits per heavy atom. The van der Waals surface area contributed by atoms with Gasteiger partial charge in [-0.3, -0.25) is 0 Å². The van der Waals surface area contributed by atoms with Gasteiger partial charge in [-0.1, -0.05) is 12.8 Å². The molecule has 1 aromatic rings. The Labute approximate surface area is 90.5 Å². The average molecular weight is 209 g/mol. The summed E-state index contributed by atoms with van der Waals surface area (Å²) in [4.78, 5) is 0. The first-order valence-electron chi connectivity index (χ1n) is 5.75. The number of rotatable bonds is 3. The Morgan fingerprint density at radius 3 is 2.93 bits per heavy atom. The van der Waals surface area contributed by atoms with Crippen LogP contribution in [0.5, 0.6) is 0 Å². The number of furan rings is 1. The lowest BCUT2D eigenvalue weighted by Crippen LogP contribution is -2.43. The largest absolute Gasteiger partial charge is 0.468 e. The van der Waals surface area contributed by atoms with Crippen molar-refractivity contribution < 1.29 is 9.52 Å². The van der Waals surface area contributed by atoms with Crippen molar-refractivity contribution in [3.05, 3.63) is 24.2 Å². The minimum Gasteiger partial charge on any atom is -0.468 e. The lowest BCUT2D eigenvalue weighted by molar-refractivity contribution is 0.0845. The van der Waals surface area contributed by atoms with E-state index in [4.69, 9.17) is 4.42 Å². The molecule has 2 N–H and O–H groups in total. The van der Waals surface area contributed by atoms with Crippen LogP contribution in [0.2, 0.25) is 0 Å². The summed E-state index contributed by atoms with van der Waals surface area (Å²) >= 11 is 0. The molecule has 2 rings (SSSR count). The van der Waals surface area contributed by atoms with E-state index in [-0.39, 0.29) is 18.2 Å². The fourth-order valence-electron chi connectivity index (χ4n) is 2.25. The van der Waals surface area contributed by atoms with Gasteiger partial charge < -0.3 is 14.8 Å². The van der Waals surface area contributed by atoms with E-state index in [2.05, 4.69) is 12.2 Å². The number of aliphatic hydroxyl groups is 1. The summed E-state index contributed by atoms with van der Waals surface area (Å²) in [6, 6.07) is 4.26. The maximum atomic E-state index is 9.82. The van der Waals surface area contributed by atoms with Gasteiger partial charge in [-0.15, -0.1) is 0 Å². The van der Waals surface area contributed by atoms with Crippen molar-refractivity contribution in [1.82, 2.24) is 5.32 Å². The van der Waals surface area contributed by atoms with E-state index in [0.29, 0.717) is 0 Å². The molecule has 1 aliphatic rings. The van der Waals surface area contributed by atoms with Crippen molar-refractivity contribution in [2.24, 2.45) is 0 Å². The molecule has 0 radical (unpaired) electrons. The minimum atomic E-state index is -0.198. The Bertz CT molecular complexity index is 284. The minimum absolute atomic E-state index is 0.178. The van der Waals surface area contributed by atoms with Gasteiger partial charge in [-0.05, 0) is 31.9 Å². The average Bonchev–Trinajstić information content (AvgIpc) is 2.74. The molecule has 1 saturated carbocycles. The summed E-state index contributed by atoms with van der Waals surface area (Å²) in [6.45, 7) is 2.07. The highest BCUT2D eigenvalue weighted by atomic mass is 16.3. The van der Waals surface area contributed by atoms with Gasteiger partial charge in [-0.2, -0.15) is 0 Å². The second-order valence-corrected chi connectivity index (χ2v) is 4.36. The zero-order chi connectivity index (χ0) is 10.7. The van der Waals surface area contributed by atoms with Crippen LogP contribution in [0.4, 0.5) is 0 Å². The highest BCUT2D eigenvalue weighted by Gasteiger charge is 2.24. The molecular formula is C12H19NO2. The summed E-state index contributed by atoms with van der Waals surface area (Å²) in [5, 5.41) is 13.2. The number of hydrogen-bond acceptors (Lipinski definition) is 3. The summed E-state index contributed by atoms with van der Waals surface area (Å²) in [7, 11) is 0. The molecule has 3 heteroatoms. The standard InChI is InChI=1S/C12H19NO2/c1-9(12-7-4-8-15-12)13-10-5-2-3-6-11(10)14/h4,7-11,13-14H,2-3,5-6H2,1H3/t9-,10?,11?/m1/s1. The first-order chi connectivity index (χ1) is 7.27. The van der Waals surface area contributed by atoms with E-state index in [9.17, 15) is 5.11 Å². The van der Waals surface area contributed by atoms with Gasteiger partial charge in [0.25, 0.3) is 0 Å². The molecule has 0 bridgehead atoms. The van der Waals surface area contributed by atoms with Crippen LogP contribution >= 0.6 is 0 Å². The van der Waals surface area contributed by atoms with Crippen LogP contribution in [0.25, 0.3) is 0 Å². The van der Waals surface area contributed by atoms with E-state index in [1.807, 2.05) is 12.1 Å². The third kappa shape index (κ3) is 2.61. The van der Waals surface area contributed by atoms with Gasteiger partial charge in [-0.25, -0.2) is 0 Å². The second kappa shape index (κ2) is 4.81. The summed E-state index contributed by atoms with van der Waals surface area (Å²) in [5.41, 5.74) is 0. The smallest absolute Gasteiger partial charge is 0.120 e. The fourth-order valence-corrected chi connectivity index (χ4v) is 2.25. The molecule has 0 aromatic carbocycles. The van der Waals surface area contributed by atoms with Crippen LogP contribution in [0.3, 0.4) is 0 Å². The topological polar surface area (TPSA) is 45.4 Å². The zero-order valence-electron chi connectivity index (χ0n) is 9.15. The van der Waals surface area contributed by atoms with Crippen LogP contribution in [-0.2, 0) is 0 Å². The predicted molar refractivity (Wildman–Crippen MR) is 58.5 cm³/mol. The Balaban J connectivity index is 1.90. The lowest BCUT2D eigenvalue weighted by atomic mass is 9.92. The highest BCUT2D eigenvalue weighted by Crippen LogP contribution is 2.22. The van der Waals surface area contributed by atoms with Gasteiger partial charge in [0.05, 0.1) is 18.4 Å². The third-order valence-electron chi connectivity index (χ3n) is 3.16. The fraction of sp³-hybridized carbons (Fsp3) is 0.667. The zero-order valence-corrected chi connectivity index (χ0v) is 9.15. The quantitative estimate of drug-likeness (QED) is 0.802. The van der Waals surface area contributed by atoms with E-state index in [1.54, 1.807) is 6.26 Å². The number of hydrogen-bond donors (Lipinski definition) is 2. The molecule has 84 valence electrons. The first-order valence-corrected chi connectivity index (χ1v) is 5.75. The van der Waals surface area contributed by atoms with Gasteiger partial charge in [0.1, 0.15) is 5.76 Å². The SMILES string of the molecule is C[C@@H](NC1CCCCC1O)c1ccco1. The van der Waals surface area contributed by atoms with Crippen LogP contribution in [-0.4, -0.2) is 17.3 Å². The molecular weight excluding hydrogens is 190 g/mol. The lowest BCUT2D eigenvalue weighted by Gasteiger charge is -2.30. The summed E-state index contributed by atoms with van der Waals surface area (Å²) in [5.74, 6) is 0.938. The molecule has 0 saturated heterocycles. The van der Waals surface area contributed by atoms with E-state index in [1.165, 1.54) is 6.42 Å². The third-order valence-corrected chi connectivity index (χ3v) is 3.16. The Hall–Kier alpha value is -0.800. The van der Waals surface area contributed by atoms with Gasteiger partial charge in [0.2, 0.25) is 0 Å². The molecule has 3 atom stereocenters. The van der Waals surface area contributed by atoms with E-state index in [0.717, 1.165) is 25.0 Å². The van der Waals surface area contributed by atoms with Gasteiger partial charge >= 0.3 is 0 Å². The molecule has 1 aromatic heterocycles. The van der Waals surface area contributed by atoms with Crippen molar-refractivity contribution in [2.45, 2.75) is 50.8 Å². The monoisotopic (exact) mass is 209 g/mol. The van der Waals surface area contributed by atoms with Crippen molar-refractivity contribution >= 4 is 0 Å². The molecule has 0 aliphatic heterocycles.